The smallest absolute Gasteiger partial charge is 0.257 e. The van der Waals surface area contributed by atoms with Crippen molar-refractivity contribution in [2.75, 3.05) is 20.8 Å². The summed E-state index contributed by atoms with van der Waals surface area (Å²) in [6, 6.07) is 15.3. The molecule has 1 N–H and O–H groups in total. The maximum absolute atomic E-state index is 13.1. The predicted octanol–water partition coefficient (Wildman–Crippen LogP) is 2.62. The quantitative estimate of drug-likeness (QED) is 0.778. The van der Waals surface area contributed by atoms with Crippen LogP contribution in [0.25, 0.3) is 0 Å². The number of rotatable bonds is 8. The fourth-order valence-electron chi connectivity index (χ4n) is 2.83. The first-order valence-corrected chi connectivity index (χ1v) is 8.98. The van der Waals surface area contributed by atoms with E-state index in [9.17, 15) is 9.59 Å². The molecule has 2 aromatic rings. The molecule has 0 aliphatic heterocycles. The van der Waals surface area contributed by atoms with Crippen molar-refractivity contribution in [3.63, 3.8) is 0 Å². The summed E-state index contributed by atoms with van der Waals surface area (Å²) in [5.41, 5.74) is 1.65. The van der Waals surface area contributed by atoms with E-state index in [1.807, 2.05) is 35.2 Å². The van der Waals surface area contributed by atoms with E-state index in [1.165, 1.54) is 7.11 Å². The second-order valence-electron chi connectivity index (χ2n) is 6.48. The van der Waals surface area contributed by atoms with Gasteiger partial charge in [0.1, 0.15) is 0 Å². The molecule has 1 saturated carbocycles. The summed E-state index contributed by atoms with van der Waals surface area (Å²) in [5.74, 6) is 0.594. The zero-order valence-electron chi connectivity index (χ0n) is 15.6. The number of nitrogens with zero attached hydrogens (tertiary/aromatic N) is 1. The van der Waals surface area contributed by atoms with Gasteiger partial charge in [-0.3, -0.25) is 9.59 Å². The van der Waals surface area contributed by atoms with E-state index < -0.39 is 0 Å². The molecular weight excluding hydrogens is 344 g/mol. The fraction of sp³-hybridized carbons (Fsp3) is 0.333. The van der Waals surface area contributed by atoms with Crippen LogP contribution in [0.4, 0.5) is 0 Å². The van der Waals surface area contributed by atoms with E-state index >= 15 is 0 Å². The zero-order valence-corrected chi connectivity index (χ0v) is 15.6. The monoisotopic (exact) mass is 368 g/mol. The standard InChI is InChI=1S/C21H24N2O4/c1-22-20(24)14-27-18-11-8-16(12-19(18)26-2)21(25)23(17-9-10-17)13-15-6-4-3-5-7-15/h3-8,11-12,17H,9-10,13-14H2,1-2H3,(H,22,24). The van der Waals surface area contributed by atoms with Crippen molar-refractivity contribution in [3.05, 3.63) is 59.7 Å². The molecule has 0 spiro atoms. The number of ether oxygens (including phenoxy) is 2. The van der Waals surface area contributed by atoms with Crippen molar-refractivity contribution in [2.45, 2.75) is 25.4 Å². The van der Waals surface area contributed by atoms with Gasteiger partial charge in [-0.05, 0) is 36.6 Å². The van der Waals surface area contributed by atoms with E-state index in [0.29, 0.717) is 23.6 Å². The van der Waals surface area contributed by atoms with Crippen molar-refractivity contribution >= 4 is 11.8 Å². The molecule has 0 saturated heterocycles. The normalized spacial score (nSPS) is 13.0. The van der Waals surface area contributed by atoms with Crippen molar-refractivity contribution < 1.29 is 19.1 Å². The molecule has 2 amide bonds. The number of benzene rings is 2. The van der Waals surface area contributed by atoms with Crippen molar-refractivity contribution in [3.8, 4) is 11.5 Å². The molecule has 6 nitrogen and oxygen atoms in total. The van der Waals surface area contributed by atoms with Crippen molar-refractivity contribution in [1.82, 2.24) is 10.2 Å². The molecule has 1 aliphatic rings. The Bertz CT molecular complexity index is 803. The highest BCUT2D eigenvalue weighted by Gasteiger charge is 2.33. The second kappa shape index (κ2) is 8.58. The van der Waals surface area contributed by atoms with Crippen molar-refractivity contribution in [1.29, 1.82) is 0 Å². The van der Waals surface area contributed by atoms with Gasteiger partial charge in [-0.15, -0.1) is 0 Å². The van der Waals surface area contributed by atoms with E-state index in [0.717, 1.165) is 18.4 Å². The second-order valence-corrected chi connectivity index (χ2v) is 6.48. The average molecular weight is 368 g/mol. The van der Waals surface area contributed by atoms with Crippen LogP contribution in [-0.4, -0.2) is 43.5 Å². The van der Waals surface area contributed by atoms with Crippen LogP contribution < -0.4 is 14.8 Å². The lowest BCUT2D eigenvalue weighted by atomic mass is 10.1. The Balaban J connectivity index is 1.77. The summed E-state index contributed by atoms with van der Waals surface area (Å²) in [5, 5.41) is 2.49. The Morgan fingerprint density at radius 1 is 1.11 bits per heavy atom. The Kier molecular flexibility index (Phi) is 5.96. The molecule has 0 heterocycles. The fourth-order valence-corrected chi connectivity index (χ4v) is 2.83. The van der Waals surface area contributed by atoms with Gasteiger partial charge in [0.25, 0.3) is 11.8 Å². The summed E-state index contributed by atoms with van der Waals surface area (Å²) in [6.07, 6.45) is 2.06. The van der Waals surface area contributed by atoms with Gasteiger partial charge in [-0.25, -0.2) is 0 Å². The van der Waals surface area contributed by atoms with Crippen LogP contribution in [0.15, 0.2) is 48.5 Å². The Hall–Kier alpha value is -3.02. The van der Waals surface area contributed by atoms with Gasteiger partial charge in [-0.2, -0.15) is 0 Å². The van der Waals surface area contributed by atoms with E-state index in [4.69, 9.17) is 9.47 Å². The maximum atomic E-state index is 13.1. The minimum Gasteiger partial charge on any atom is -0.493 e. The number of nitrogens with one attached hydrogen (secondary N) is 1. The summed E-state index contributed by atoms with van der Waals surface area (Å²) >= 11 is 0. The molecule has 0 unspecified atom stereocenters. The minimum atomic E-state index is -0.236. The zero-order chi connectivity index (χ0) is 19.2. The van der Waals surface area contributed by atoms with Crippen molar-refractivity contribution in [2.24, 2.45) is 0 Å². The number of methoxy groups -OCH3 is 1. The Morgan fingerprint density at radius 3 is 2.48 bits per heavy atom. The van der Waals surface area contributed by atoms with Crippen LogP contribution in [0.2, 0.25) is 0 Å². The lowest BCUT2D eigenvalue weighted by Gasteiger charge is -2.23. The Labute approximate surface area is 159 Å². The minimum absolute atomic E-state index is 0.0301. The first-order valence-electron chi connectivity index (χ1n) is 8.98. The molecular formula is C21H24N2O4. The highest BCUT2D eigenvalue weighted by atomic mass is 16.5. The summed E-state index contributed by atoms with van der Waals surface area (Å²) in [7, 11) is 3.06. The number of likely N-dealkylation sites (N-methyl/N-ethyl adjacent to an activating group) is 1. The first-order chi connectivity index (χ1) is 13.1. The number of hydrogen-bond donors (Lipinski definition) is 1. The molecule has 3 rings (SSSR count). The van der Waals surface area contributed by atoms with Gasteiger partial charge in [0.15, 0.2) is 18.1 Å². The van der Waals surface area contributed by atoms with Gasteiger partial charge in [0, 0.05) is 25.2 Å². The van der Waals surface area contributed by atoms with E-state index in [2.05, 4.69) is 5.32 Å². The van der Waals surface area contributed by atoms with Crippen LogP contribution in [0.3, 0.4) is 0 Å². The number of carbonyl (C=O) groups excluding carboxylic acids is 2. The van der Waals surface area contributed by atoms with Crippen LogP contribution in [0, 0.1) is 0 Å². The third-order valence-electron chi connectivity index (χ3n) is 4.49. The number of carbonyl (C=O) groups is 2. The SMILES string of the molecule is CNC(=O)COc1ccc(C(=O)N(Cc2ccccc2)C2CC2)cc1OC. The van der Waals surface area contributed by atoms with Gasteiger partial charge in [0.2, 0.25) is 0 Å². The highest BCUT2D eigenvalue weighted by molar-refractivity contribution is 5.95. The maximum Gasteiger partial charge on any atom is 0.257 e. The van der Waals surface area contributed by atoms with Crippen LogP contribution >= 0.6 is 0 Å². The molecule has 0 atom stereocenters. The molecule has 1 aliphatic carbocycles. The largest absolute Gasteiger partial charge is 0.493 e. The third kappa shape index (κ3) is 4.78. The average Bonchev–Trinajstić information content (AvgIpc) is 3.55. The predicted molar refractivity (Wildman–Crippen MR) is 102 cm³/mol. The molecule has 2 aromatic carbocycles. The van der Waals surface area contributed by atoms with Crippen LogP contribution in [0.1, 0.15) is 28.8 Å². The Morgan fingerprint density at radius 2 is 1.85 bits per heavy atom. The van der Waals surface area contributed by atoms with E-state index in [1.54, 1.807) is 25.2 Å². The molecule has 0 bridgehead atoms. The summed E-state index contributed by atoms with van der Waals surface area (Å²) in [6.45, 7) is 0.476. The van der Waals surface area contributed by atoms with Gasteiger partial charge >= 0.3 is 0 Å². The molecule has 0 aromatic heterocycles. The molecule has 0 radical (unpaired) electrons. The molecule has 6 heteroatoms. The lowest BCUT2D eigenvalue weighted by molar-refractivity contribution is -0.122. The van der Waals surface area contributed by atoms with Gasteiger partial charge in [-0.1, -0.05) is 30.3 Å². The van der Waals surface area contributed by atoms with Crippen LogP contribution in [0.5, 0.6) is 11.5 Å². The third-order valence-corrected chi connectivity index (χ3v) is 4.49. The summed E-state index contributed by atoms with van der Waals surface area (Å²) < 4.78 is 10.8. The molecule has 27 heavy (non-hydrogen) atoms. The molecule has 1 fully saturated rings. The van der Waals surface area contributed by atoms with Gasteiger partial charge in [0.05, 0.1) is 7.11 Å². The highest BCUT2D eigenvalue weighted by Crippen LogP contribution is 2.32. The van der Waals surface area contributed by atoms with Gasteiger partial charge < -0.3 is 19.7 Å². The number of amides is 2. The van der Waals surface area contributed by atoms with E-state index in [-0.39, 0.29) is 24.5 Å². The first kappa shape index (κ1) is 18.8. The lowest BCUT2D eigenvalue weighted by Crippen LogP contribution is -2.32. The number of hydrogen-bond acceptors (Lipinski definition) is 4. The van der Waals surface area contributed by atoms with Crippen LogP contribution in [-0.2, 0) is 11.3 Å². The molecule has 142 valence electrons. The topological polar surface area (TPSA) is 67.9 Å². The summed E-state index contributed by atoms with van der Waals surface area (Å²) in [4.78, 5) is 26.4.